The van der Waals surface area contributed by atoms with Gasteiger partial charge in [-0.2, -0.15) is 0 Å². The zero-order valence-corrected chi connectivity index (χ0v) is 12.8. The lowest BCUT2D eigenvalue weighted by Gasteiger charge is -2.19. The van der Waals surface area contributed by atoms with E-state index in [1.54, 1.807) is 5.51 Å². The number of rotatable bonds is 4. The van der Waals surface area contributed by atoms with Gasteiger partial charge in [0.2, 0.25) is 5.01 Å². The highest BCUT2D eigenvalue weighted by Crippen LogP contribution is 2.22. The molecule has 0 radical (unpaired) electrons. The molecule has 1 aromatic heterocycles. The Morgan fingerprint density at radius 3 is 2.50 bits per heavy atom. The predicted octanol–water partition coefficient (Wildman–Crippen LogP) is 2.81. The first-order valence-corrected chi connectivity index (χ1v) is 7.48. The van der Waals surface area contributed by atoms with Gasteiger partial charge in [0.05, 0.1) is 0 Å². The molecule has 1 aromatic carbocycles. The molecule has 0 saturated carbocycles. The largest absolute Gasteiger partial charge is 0.350 e. The normalized spacial score (nSPS) is 11.3. The van der Waals surface area contributed by atoms with Crippen LogP contribution in [0.15, 0.2) is 29.8 Å². The summed E-state index contributed by atoms with van der Waals surface area (Å²) in [6.07, 6.45) is 0.814. The van der Waals surface area contributed by atoms with Gasteiger partial charge in [0, 0.05) is 6.54 Å². The Kier molecular flexibility index (Phi) is 4.49. The number of nitrogens with zero attached hydrogens (tertiary/aromatic N) is 2. The van der Waals surface area contributed by atoms with Gasteiger partial charge in [-0.3, -0.25) is 4.79 Å². The topological polar surface area (TPSA) is 54.9 Å². The Morgan fingerprint density at radius 1 is 1.25 bits per heavy atom. The molecule has 0 bridgehead atoms. The van der Waals surface area contributed by atoms with Crippen molar-refractivity contribution < 1.29 is 4.79 Å². The number of amides is 1. The standard InChI is InChI=1S/C15H19N3OS/c1-15(2,3)12-6-4-11(5-7-12)8-9-16-13(19)14-18-17-10-20-14/h4-7,10H,8-9H2,1-3H3,(H,16,19). The molecular weight excluding hydrogens is 270 g/mol. The van der Waals surface area contributed by atoms with Crippen molar-refractivity contribution in [2.24, 2.45) is 0 Å². The van der Waals surface area contributed by atoms with Gasteiger partial charge in [0.25, 0.3) is 5.91 Å². The van der Waals surface area contributed by atoms with Gasteiger partial charge in [-0.1, -0.05) is 56.4 Å². The number of carbonyl (C=O) groups excluding carboxylic acids is 1. The van der Waals surface area contributed by atoms with Crippen LogP contribution in [0.25, 0.3) is 0 Å². The van der Waals surface area contributed by atoms with Crippen LogP contribution >= 0.6 is 11.3 Å². The van der Waals surface area contributed by atoms with Crippen molar-refractivity contribution in [1.29, 1.82) is 0 Å². The molecule has 2 aromatic rings. The van der Waals surface area contributed by atoms with E-state index in [0.717, 1.165) is 6.42 Å². The van der Waals surface area contributed by atoms with Crippen LogP contribution in [-0.4, -0.2) is 22.6 Å². The third-order valence-electron chi connectivity index (χ3n) is 3.07. The van der Waals surface area contributed by atoms with E-state index in [2.05, 4.69) is 60.6 Å². The first-order valence-electron chi connectivity index (χ1n) is 6.60. The maximum absolute atomic E-state index is 11.7. The Hall–Kier alpha value is -1.75. The highest BCUT2D eigenvalue weighted by atomic mass is 32.1. The Morgan fingerprint density at radius 2 is 1.95 bits per heavy atom. The summed E-state index contributed by atoms with van der Waals surface area (Å²) in [7, 11) is 0. The van der Waals surface area contributed by atoms with Crippen molar-refractivity contribution in [2.45, 2.75) is 32.6 Å². The molecule has 0 aliphatic rings. The molecule has 0 aliphatic carbocycles. The summed E-state index contributed by atoms with van der Waals surface area (Å²) < 4.78 is 0. The monoisotopic (exact) mass is 289 g/mol. The van der Waals surface area contributed by atoms with Crippen LogP contribution in [-0.2, 0) is 11.8 Å². The van der Waals surface area contributed by atoms with Gasteiger partial charge in [-0.15, -0.1) is 10.2 Å². The van der Waals surface area contributed by atoms with Crippen LogP contribution in [0.5, 0.6) is 0 Å². The first kappa shape index (κ1) is 14.7. The lowest BCUT2D eigenvalue weighted by Crippen LogP contribution is -2.25. The maximum atomic E-state index is 11.7. The fraction of sp³-hybridized carbons (Fsp3) is 0.400. The Balaban J connectivity index is 1.84. The lowest BCUT2D eigenvalue weighted by atomic mass is 9.86. The van der Waals surface area contributed by atoms with E-state index in [1.165, 1.54) is 22.5 Å². The summed E-state index contributed by atoms with van der Waals surface area (Å²) in [4.78, 5) is 11.7. The van der Waals surface area contributed by atoms with Gasteiger partial charge in [-0.05, 0) is 23.0 Å². The molecule has 0 spiro atoms. The quantitative estimate of drug-likeness (QED) is 0.941. The van der Waals surface area contributed by atoms with E-state index in [0.29, 0.717) is 11.6 Å². The third-order valence-corrected chi connectivity index (χ3v) is 3.76. The van der Waals surface area contributed by atoms with Gasteiger partial charge in [0.1, 0.15) is 5.51 Å². The molecule has 2 rings (SSSR count). The SMILES string of the molecule is CC(C)(C)c1ccc(CCNC(=O)c2nncs2)cc1. The van der Waals surface area contributed by atoms with Crippen LogP contribution in [0.3, 0.4) is 0 Å². The average Bonchev–Trinajstić information content (AvgIpc) is 2.92. The van der Waals surface area contributed by atoms with E-state index in [-0.39, 0.29) is 11.3 Å². The highest BCUT2D eigenvalue weighted by molar-refractivity contribution is 7.11. The second-order valence-corrected chi connectivity index (χ2v) is 6.53. The minimum atomic E-state index is -0.154. The van der Waals surface area contributed by atoms with Crippen LogP contribution in [0.4, 0.5) is 0 Å². The molecule has 0 fully saturated rings. The zero-order chi connectivity index (χ0) is 14.6. The smallest absolute Gasteiger partial charge is 0.282 e. The minimum Gasteiger partial charge on any atom is -0.350 e. The van der Waals surface area contributed by atoms with E-state index in [9.17, 15) is 4.79 Å². The third kappa shape index (κ3) is 3.87. The summed E-state index contributed by atoms with van der Waals surface area (Å²) in [6, 6.07) is 8.55. The molecule has 0 saturated heterocycles. The van der Waals surface area contributed by atoms with Crippen molar-refractivity contribution >= 4 is 17.2 Å². The van der Waals surface area contributed by atoms with Crippen LogP contribution in [0.1, 0.15) is 41.7 Å². The molecule has 4 nitrogen and oxygen atoms in total. The average molecular weight is 289 g/mol. The Labute approximate surface area is 123 Å². The molecule has 0 atom stereocenters. The summed E-state index contributed by atoms with van der Waals surface area (Å²) >= 11 is 1.25. The lowest BCUT2D eigenvalue weighted by molar-refractivity contribution is 0.0953. The molecule has 1 heterocycles. The highest BCUT2D eigenvalue weighted by Gasteiger charge is 2.13. The van der Waals surface area contributed by atoms with Crippen LogP contribution in [0.2, 0.25) is 0 Å². The van der Waals surface area contributed by atoms with Crippen molar-refractivity contribution in [3.8, 4) is 0 Å². The van der Waals surface area contributed by atoms with E-state index < -0.39 is 0 Å². The summed E-state index contributed by atoms with van der Waals surface area (Å²) in [5.74, 6) is -0.154. The fourth-order valence-electron chi connectivity index (χ4n) is 1.84. The number of hydrogen-bond donors (Lipinski definition) is 1. The molecule has 5 heteroatoms. The van der Waals surface area contributed by atoms with E-state index in [1.807, 2.05) is 0 Å². The summed E-state index contributed by atoms with van der Waals surface area (Å²) in [5, 5.41) is 10.6. The molecule has 106 valence electrons. The predicted molar refractivity (Wildman–Crippen MR) is 81.1 cm³/mol. The van der Waals surface area contributed by atoms with Crippen LogP contribution < -0.4 is 5.32 Å². The van der Waals surface area contributed by atoms with Gasteiger partial charge < -0.3 is 5.32 Å². The second kappa shape index (κ2) is 6.13. The first-order chi connectivity index (χ1) is 9.47. The molecule has 0 unspecified atom stereocenters. The van der Waals surface area contributed by atoms with Gasteiger partial charge in [0.15, 0.2) is 0 Å². The van der Waals surface area contributed by atoms with Gasteiger partial charge in [-0.25, -0.2) is 0 Å². The number of aromatic nitrogens is 2. The van der Waals surface area contributed by atoms with Crippen molar-refractivity contribution in [1.82, 2.24) is 15.5 Å². The molecule has 1 amide bonds. The maximum Gasteiger partial charge on any atom is 0.282 e. The molecule has 0 aliphatic heterocycles. The number of hydrogen-bond acceptors (Lipinski definition) is 4. The molecule has 1 N–H and O–H groups in total. The minimum absolute atomic E-state index is 0.154. The number of carbonyl (C=O) groups is 1. The molecular formula is C15H19N3OS. The van der Waals surface area contributed by atoms with E-state index >= 15 is 0 Å². The Bertz CT molecular complexity index is 556. The van der Waals surface area contributed by atoms with Crippen LogP contribution in [0, 0.1) is 0 Å². The van der Waals surface area contributed by atoms with E-state index in [4.69, 9.17) is 0 Å². The van der Waals surface area contributed by atoms with Crippen molar-refractivity contribution in [2.75, 3.05) is 6.54 Å². The van der Waals surface area contributed by atoms with Crippen molar-refractivity contribution in [3.63, 3.8) is 0 Å². The summed E-state index contributed by atoms with van der Waals surface area (Å²) in [5.41, 5.74) is 4.26. The molecule has 20 heavy (non-hydrogen) atoms. The van der Waals surface area contributed by atoms with Gasteiger partial charge >= 0.3 is 0 Å². The number of nitrogens with one attached hydrogen (secondary N) is 1. The second-order valence-electron chi connectivity index (χ2n) is 5.70. The fourth-order valence-corrected chi connectivity index (χ4v) is 2.31. The van der Waals surface area contributed by atoms with Crippen molar-refractivity contribution in [3.05, 3.63) is 45.9 Å². The zero-order valence-electron chi connectivity index (χ0n) is 12.0. The number of benzene rings is 1. The summed E-state index contributed by atoms with van der Waals surface area (Å²) in [6.45, 7) is 7.20.